The van der Waals surface area contributed by atoms with Gasteiger partial charge in [0.1, 0.15) is 0 Å². The van der Waals surface area contributed by atoms with E-state index in [1.54, 1.807) is 7.11 Å². The minimum absolute atomic E-state index is 0.347. The van der Waals surface area contributed by atoms with E-state index in [1.807, 2.05) is 36.2 Å². The molecule has 0 unspecified atom stereocenters. The molecule has 0 saturated carbocycles. The maximum absolute atomic E-state index is 11.0. The van der Waals surface area contributed by atoms with Crippen molar-refractivity contribution in [2.45, 2.75) is 13.2 Å². The largest absolute Gasteiger partial charge is 0.378 e. The van der Waals surface area contributed by atoms with E-state index in [0.29, 0.717) is 23.7 Å². The van der Waals surface area contributed by atoms with Crippen LogP contribution >= 0.6 is 22.9 Å². The molecule has 1 aromatic carbocycles. The molecular formula is C14H15ClN2O2S. The van der Waals surface area contributed by atoms with Gasteiger partial charge in [0.25, 0.3) is 0 Å². The molecule has 0 amide bonds. The van der Waals surface area contributed by atoms with E-state index in [-0.39, 0.29) is 0 Å². The number of benzene rings is 1. The zero-order valence-electron chi connectivity index (χ0n) is 11.3. The molecule has 106 valence electrons. The van der Waals surface area contributed by atoms with Crippen LogP contribution in [0.5, 0.6) is 0 Å². The molecular weight excluding hydrogens is 296 g/mol. The molecule has 0 fully saturated rings. The second kappa shape index (κ2) is 6.83. The van der Waals surface area contributed by atoms with Gasteiger partial charge in [-0.2, -0.15) is 0 Å². The summed E-state index contributed by atoms with van der Waals surface area (Å²) in [6.45, 7) is 1.05. The fourth-order valence-corrected chi connectivity index (χ4v) is 2.75. The molecule has 20 heavy (non-hydrogen) atoms. The Morgan fingerprint density at radius 2 is 2.10 bits per heavy atom. The van der Waals surface area contributed by atoms with Crippen LogP contribution in [0.15, 0.2) is 24.3 Å². The quantitative estimate of drug-likeness (QED) is 0.767. The number of halogens is 1. The van der Waals surface area contributed by atoms with Gasteiger partial charge in [-0.1, -0.05) is 35.1 Å². The third-order valence-electron chi connectivity index (χ3n) is 2.76. The van der Waals surface area contributed by atoms with E-state index < -0.39 is 0 Å². The zero-order valence-corrected chi connectivity index (χ0v) is 12.9. The first-order valence-electron chi connectivity index (χ1n) is 6.03. The predicted octanol–water partition coefficient (Wildman–Crippen LogP) is 3.39. The third-order valence-corrected chi connectivity index (χ3v) is 4.15. The molecule has 6 heteroatoms. The highest BCUT2D eigenvalue weighted by molar-refractivity contribution is 7.17. The Balaban J connectivity index is 2.14. The molecule has 0 aliphatic rings. The first-order valence-corrected chi connectivity index (χ1v) is 7.23. The number of nitrogens with zero attached hydrogens (tertiary/aromatic N) is 2. The number of thiazole rings is 1. The Hall–Kier alpha value is -1.43. The number of anilines is 1. The summed E-state index contributed by atoms with van der Waals surface area (Å²) >= 11 is 7.24. The van der Waals surface area contributed by atoms with E-state index in [1.165, 1.54) is 11.3 Å². The van der Waals surface area contributed by atoms with Crippen molar-refractivity contribution >= 4 is 34.4 Å². The van der Waals surface area contributed by atoms with Crippen LogP contribution in [0.4, 0.5) is 5.13 Å². The highest BCUT2D eigenvalue weighted by Gasteiger charge is 2.13. The lowest BCUT2D eigenvalue weighted by Gasteiger charge is -2.15. The fraction of sp³-hybridized carbons (Fsp3) is 0.286. The number of carbonyl (C=O) groups excluding carboxylic acids is 1. The molecule has 4 nitrogen and oxygen atoms in total. The number of hydrogen-bond acceptors (Lipinski definition) is 5. The predicted molar refractivity (Wildman–Crippen MR) is 81.8 cm³/mol. The normalized spacial score (nSPS) is 10.6. The van der Waals surface area contributed by atoms with Gasteiger partial charge in [-0.3, -0.25) is 4.79 Å². The zero-order chi connectivity index (χ0) is 14.5. The Labute approximate surface area is 127 Å². The first kappa shape index (κ1) is 15.0. The molecule has 1 aromatic heterocycles. The van der Waals surface area contributed by atoms with Crippen molar-refractivity contribution in [1.29, 1.82) is 0 Å². The minimum atomic E-state index is 0.347. The van der Waals surface area contributed by atoms with Gasteiger partial charge in [0.05, 0.1) is 17.2 Å². The van der Waals surface area contributed by atoms with Crippen molar-refractivity contribution < 1.29 is 9.53 Å². The van der Waals surface area contributed by atoms with Crippen molar-refractivity contribution in [1.82, 2.24) is 4.98 Å². The van der Waals surface area contributed by atoms with E-state index in [2.05, 4.69) is 4.98 Å². The third kappa shape index (κ3) is 3.56. The van der Waals surface area contributed by atoms with E-state index >= 15 is 0 Å². The molecule has 0 saturated heterocycles. The highest BCUT2D eigenvalue weighted by atomic mass is 35.5. The van der Waals surface area contributed by atoms with Crippen LogP contribution in [0.1, 0.15) is 20.9 Å². The number of rotatable bonds is 6. The number of aromatic nitrogens is 1. The molecule has 2 rings (SSSR count). The number of hydrogen-bond donors (Lipinski definition) is 0. The van der Waals surface area contributed by atoms with E-state index in [9.17, 15) is 4.79 Å². The van der Waals surface area contributed by atoms with E-state index in [4.69, 9.17) is 16.3 Å². The number of carbonyl (C=O) groups is 1. The Kier molecular flexibility index (Phi) is 5.11. The average Bonchev–Trinajstić information content (AvgIpc) is 2.85. The topological polar surface area (TPSA) is 42.4 Å². The summed E-state index contributed by atoms with van der Waals surface area (Å²) in [5.41, 5.74) is 1.82. The van der Waals surface area contributed by atoms with Crippen molar-refractivity contribution in [2.75, 3.05) is 19.1 Å². The van der Waals surface area contributed by atoms with Crippen LogP contribution in [0.25, 0.3) is 0 Å². The summed E-state index contributed by atoms with van der Waals surface area (Å²) in [6.07, 6.45) is 0.825. The average molecular weight is 311 g/mol. The van der Waals surface area contributed by atoms with Crippen LogP contribution in [0, 0.1) is 0 Å². The van der Waals surface area contributed by atoms with Gasteiger partial charge in [0.2, 0.25) is 0 Å². The maximum atomic E-state index is 11.0. The maximum Gasteiger partial charge on any atom is 0.186 e. The van der Waals surface area contributed by atoms with Crippen molar-refractivity contribution in [3.8, 4) is 0 Å². The van der Waals surface area contributed by atoms with Crippen LogP contribution in [0.3, 0.4) is 0 Å². The molecule has 0 spiro atoms. The van der Waals surface area contributed by atoms with Crippen LogP contribution in [-0.2, 0) is 17.9 Å². The Bertz CT molecular complexity index is 583. The van der Waals surface area contributed by atoms with Crippen molar-refractivity contribution in [3.63, 3.8) is 0 Å². The van der Waals surface area contributed by atoms with Crippen molar-refractivity contribution in [3.05, 3.63) is 45.4 Å². The molecule has 0 aliphatic carbocycles. The second-order valence-corrected chi connectivity index (χ2v) is 5.79. The van der Waals surface area contributed by atoms with Gasteiger partial charge in [-0.15, -0.1) is 0 Å². The molecule has 0 aliphatic heterocycles. The van der Waals surface area contributed by atoms with Gasteiger partial charge >= 0.3 is 0 Å². The lowest BCUT2D eigenvalue weighted by Crippen LogP contribution is -2.16. The van der Waals surface area contributed by atoms with Crippen LogP contribution in [-0.4, -0.2) is 25.4 Å². The van der Waals surface area contributed by atoms with Gasteiger partial charge in [0, 0.05) is 25.7 Å². The lowest BCUT2D eigenvalue weighted by atomic mass is 10.2. The van der Waals surface area contributed by atoms with E-state index in [0.717, 1.165) is 22.0 Å². The highest BCUT2D eigenvalue weighted by Crippen LogP contribution is 2.26. The molecule has 0 N–H and O–H groups in total. The smallest absolute Gasteiger partial charge is 0.186 e. The summed E-state index contributed by atoms with van der Waals surface area (Å²) in [5, 5.41) is 1.52. The minimum Gasteiger partial charge on any atom is -0.378 e. The summed E-state index contributed by atoms with van der Waals surface area (Å²) in [5.74, 6) is 0. The van der Waals surface area contributed by atoms with Crippen molar-refractivity contribution in [2.24, 2.45) is 0 Å². The van der Waals surface area contributed by atoms with Crippen LogP contribution in [0.2, 0.25) is 5.02 Å². The summed E-state index contributed by atoms with van der Waals surface area (Å²) < 4.78 is 5.05. The number of ether oxygens (including phenoxy) is 1. The monoisotopic (exact) mass is 310 g/mol. The standard InChI is InChI=1S/C14H15ClN2O2S/c1-17(7-10-3-5-11(15)6-4-10)14-16-12(9-19-2)13(8-18)20-14/h3-6,8H,7,9H2,1-2H3. The molecule has 1 heterocycles. The number of aldehydes is 1. The first-order chi connectivity index (χ1) is 9.63. The lowest BCUT2D eigenvalue weighted by molar-refractivity contribution is 0.112. The Morgan fingerprint density at radius 1 is 1.40 bits per heavy atom. The SMILES string of the molecule is COCc1nc(N(C)Cc2ccc(Cl)cc2)sc1C=O. The van der Waals surface area contributed by atoms with Crippen LogP contribution < -0.4 is 4.90 Å². The fourth-order valence-electron chi connectivity index (χ4n) is 1.78. The summed E-state index contributed by atoms with van der Waals surface area (Å²) in [6, 6.07) is 7.67. The Morgan fingerprint density at radius 3 is 2.70 bits per heavy atom. The van der Waals surface area contributed by atoms with Gasteiger partial charge in [-0.25, -0.2) is 4.98 Å². The molecule has 2 aromatic rings. The second-order valence-electron chi connectivity index (χ2n) is 4.34. The van der Waals surface area contributed by atoms with Gasteiger partial charge < -0.3 is 9.64 Å². The summed E-state index contributed by atoms with van der Waals surface area (Å²) in [4.78, 5) is 18.1. The molecule has 0 bridgehead atoms. The van der Waals surface area contributed by atoms with Gasteiger partial charge in [0.15, 0.2) is 11.4 Å². The summed E-state index contributed by atoms with van der Waals surface area (Å²) in [7, 11) is 3.53. The molecule has 0 radical (unpaired) electrons. The number of methoxy groups -OCH3 is 1. The van der Waals surface area contributed by atoms with Gasteiger partial charge in [-0.05, 0) is 17.7 Å². The molecule has 0 atom stereocenters.